The number of nitriles is 1. The Morgan fingerprint density at radius 2 is 2.25 bits per heavy atom. The molecule has 3 nitrogen and oxygen atoms in total. The number of nitrogens with zero attached hydrogens (tertiary/aromatic N) is 1. The highest BCUT2D eigenvalue weighted by Crippen LogP contribution is 2.28. The van der Waals surface area contributed by atoms with Gasteiger partial charge in [0.25, 0.3) is 0 Å². The lowest BCUT2D eigenvalue weighted by atomic mass is 10.1. The molecule has 0 heterocycles. The standard InChI is InChI=1S/C13H13NO2/c1-16-13(15)12-7-10-3-2-9(4-5-14)6-11(10)8-12/h2-3,6,12H,4,7-8H2,1H3. The third-order valence-corrected chi connectivity index (χ3v) is 3.02. The van der Waals surface area contributed by atoms with Crippen LogP contribution < -0.4 is 0 Å². The van der Waals surface area contributed by atoms with E-state index in [-0.39, 0.29) is 11.9 Å². The minimum atomic E-state index is -0.141. The van der Waals surface area contributed by atoms with Crippen molar-refractivity contribution in [1.29, 1.82) is 5.26 Å². The fourth-order valence-corrected chi connectivity index (χ4v) is 2.21. The van der Waals surface area contributed by atoms with E-state index in [1.807, 2.05) is 18.2 Å². The summed E-state index contributed by atoms with van der Waals surface area (Å²) in [6.07, 6.45) is 1.92. The molecule has 1 aliphatic carbocycles. The van der Waals surface area contributed by atoms with Crippen molar-refractivity contribution in [3.05, 3.63) is 34.9 Å². The van der Waals surface area contributed by atoms with E-state index in [1.54, 1.807) is 0 Å². The third-order valence-electron chi connectivity index (χ3n) is 3.02. The molecule has 1 atom stereocenters. The van der Waals surface area contributed by atoms with Crippen LogP contribution in [-0.4, -0.2) is 13.1 Å². The van der Waals surface area contributed by atoms with Crippen molar-refractivity contribution in [1.82, 2.24) is 0 Å². The van der Waals surface area contributed by atoms with Crippen LogP contribution in [0.15, 0.2) is 18.2 Å². The average molecular weight is 215 g/mol. The number of fused-ring (bicyclic) bond motifs is 1. The van der Waals surface area contributed by atoms with Gasteiger partial charge in [0.15, 0.2) is 0 Å². The fourth-order valence-electron chi connectivity index (χ4n) is 2.21. The first-order valence-corrected chi connectivity index (χ1v) is 5.30. The summed E-state index contributed by atoms with van der Waals surface area (Å²) in [4.78, 5) is 11.4. The van der Waals surface area contributed by atoms with Gasteiger partial charge in [-0.25, -0.2) is 0 Å². The molecule has 2 rings (SSSR count). The molecule has 16 heavy (non-hydrogen) atoms. The molecule has 0 spiro atoms. The van der Waals surface area contributed by atoms with Gasteiger partial charge in [0.2, 0.25) is 0 Å². The molecule has 0 fully saturated rings. The summed E-state index contributed by atoms with van der Waals surface area (Å²) >= 11 is 0. The van der Waals surface area contributed by atoms with Gasteiger partial charge in [0, 0.05) is 0 Å². The first kappa shape index (κ1) is 10.7. The molecular formula is C13H13NO2. The lowest BCUT2D eigenvalue weighted by Crippen LogP contribution is -2.15. The molecule has 0 bridgehead atoms. The number of hydrogen-bond donors (Lipinski definition) is 0. The molecule has 0 saturated heterocycles. The van der Waals surface area contributed by atoms with Gasteiger partial charge < -0.3 is 4.74 Å². The molecule has 1 aromatic rings. The van der Waals surface area contributed by atoms with Gasteiger partial charge >= 0.3 is 5.97 Å². The number of carbonyl (C=O) groups is 1. The molecule has 0 saturated carbocycles. The molecule has 3 heteroatoms. The zero-order valence-electron chi connectivity index (χ0n) is 9.19. The zero-order valence-corrected chi connectivity index (χ0v) is 9.19. The van der Waals surface area contributed by atoms with Gasteiger partial charge in [-0.05, 0) is 29.5 Å². The Labute approximate surface area is 94.6 Å². The van der Waals surface area contributed by atoms with Crippen LogP contribution >= 0.6 is 0 Å². The van der Waals surface area contributed by atoms with Crippen LogP contribution in [0.2, 0.25) is 0 Å². The summed E-state index contributed by atoms with van der Waals surface area (Å²) < 4.78 is 4.75. The van der Waals surface area contributed by atoms with Gasteiger partial charge in [-0.1, -0.05) is 18.2 Å². The van der Waals surface area contributed by atoms with Crippen molar-refractivity contribution in [2.45, 2.75) is 19.3 Å². The van der Waals surface area contributed by atoms with Crippen molar-refractivity contribution in [2.75, 3.05) is 7.11 Å². The molecule has 0 aromatic heterocycles. The average Bonchev–Trinajstić information content (AvgIpc) is 2.71. The molecule has 0 aliphatic heterocycles. The topological polar surface area (TPSA) is 50.1 Å². The normalized spacial score (nSPS) is 17.6. The van der Waals surface area contributed by atoms with Gasteiger partial charge in [0.1, 0.15) is 0 Å². The molecular weight excluding hydrogens is 202 g/mol. The van der Waals surface area contributed by atoms with Crippen LogP contribution in [0.5, 0.6) is 0 Å². The summed E-state index contributed by atoms with van der Waals surface area (Å²) in [5.41, 5.74) is 3.41. The Hall–Kier alpha value is -1.82. The smallest absolute Gasteiger partial charge is 0.309 e. The van der Waals surface area contributed by atoms with Crippen LogP contribution in [0.25, 0.3) is 0 Å². The van der Waals surface area contributed by atoms with Crippen LogP contribution in [0.4, 0.5) is 0 Å². The van der Waals surface area contributed by atoms with E-state index in [9.17, 15) is 4.79 Å². The second-order valence-corrected chi connectivity index (χ2v) is 4.07. The van der Waals surface area contributed by atoms with Crippen molar-refractivity contribution < 1.29 is 9.53 Å². The highest BCUT2D eigenvalue weighted by atomic mass is 16.5. The largest absolute Gasteiger partial charge is 0.469 e. The van der Waals surface area contributed by atoms with Crippen LogP contribution in [0.3, 0.4) is 0 Å². The molecule has 1 aliphatic rings. The Balaban J connectivity index is 2.18. The Kier molecular flexibility index (Phi) is 2.91. The summed E-state index contributed by atoms with van der Waals surface area (Å²) in [7, 11) is 1.42. The van der Waals surface area contributed by atoms with Gasteiger partial charge in [-0.15, -0.1) is 0 Å². The summed E-state index contributed by atoms with van der Waals surface area (Å²) in [5, 5.41) is 8.62. The number of benzene rings is 1. The van der Waals surface area contributed by atoms with Crippen LogP contribution in [0, 0.1) is 17.2 Å². The SMILES string of the molecule is COC(=O)C1Cc2ccc(CC#N)cc2C1. The van der Waals surface area contributed by atoms with Gasteiger partial charge in [-0.3, -0.25) is 4.79 Å². The van der Waals surface area contributed by atoms with Crippen molar-refractivity contribution in [3.8, 4) is 6.07 Å². The van der Waals surface area contributed by atoms with Crippen LogP contribution in [0.1, 0.15) is 16.7 Å². The predicted molar refractivity (Wildman–Crippen MR) is 58.7 cm³/mol. The number of ether oxygens (including phenoxy) is 1. The van der Waals surface area contributed by atoms with Crippen molar-refractivity contribution in [3.63, 3.8) is 0 Å². The minimum absolute atomic E-state index is 0.0441. The lowest BCUT2D eigenvalue weighted by Gasteiger charge is -2.04. The molecule has 0 amide bonds. The fraction of sp³-hybridized carbons (Fsp3) is 0.385. The summed E-state index contributed by atoms with van der Waals surface area (Å²) in [6.45, 7) is 0. The first-order chi connectivity index (χ1) is 7.74. The van der Waals surface area contributed by atoms with E-state index >= 15 is 0 Å². The molecule has 82 valence electrons. The number of hydrogen-bond acceptors (Lipinski definition) is 3. The molecule has 0 N–H and O–H groups in total. The minimum Gasteiger partial charge on any atom is -0.469 e. The van der Waals surface area contributed by atoms with E-state index in [2.05, 4.69) is 6.07 Å². The summed E-state index contributed by atoms with van der Waals surface area (Å²) in [6, 6.07) is 8.14. The highest BCUT2D eigenvalue weighted by Gasteiger charge is 2.27. The third kappa shape index (κ3) is 1.92. The van der Waals surface area contributed by atoms with Crippen LogP contribution in [-0.2, 0) is 28.8 Å². The molecule has 1 unspecified atom stereocenters. The van der Waals surface area contributed by atoms with Gasteiger partial charge in [0.05, 0.1) is 25.5 Å². The monoisotopic (exact) mass is 215 g/mol. The van der Waals surface area contributed by atoms with E-state index in [0.29, 0.717) is 6.42 Å². The maximum absolute atomic E-state index is 11.4. The van der Waals surface area contributed by atoms with Gasteiger partial charge in [-0.2, -0.15) is 5.26 Å². The molecule has 0 radical (unpaired) electrons. The first-order valence-electron chi connectivity index (χ1n) is 5.30. The number of rotatable bonds is 2. The molecule has 1 aromatic carbocycles. The number of methoxy groups -OCH3 is 1. The van der Waals surface area contributed by atoms with E-state index in [1.165, 1.54) is 18.2 Å². The maximum atomic E-state index is 11.4. The Bertz CT molecular complexity index is 459. The van der Waals surface area contributed by atoms with E-state index in [4.69, 9.17) is 10.00 Å². The van der Waals surface area contributed by atoms with E-state index in [0.717, 1.165) is 18.4 Å². The summed E-state index contributed by atoms with van der Waals surface area (Å²) in [5.74, 6) is -0.185. The highest BCUT2D eigenvalue weighted by molar-refractivity contribution is 5.74. The number of esters is 1. The second-order valence-electron chi connectivity index (χ2n) is 4.07. The second kappa shape index (κ2) is 4.36. The van der Waals surface area contributed by atoms with Crippen molar-refractivity contribution in [2.24, 2.45) is 5.92 Å². The zero-order chi connectivity index (χ0) is 11.5. The van der Waals surface area contributed by atoms with E-state index < -0.39 is 0 Å². The Morgan fingerprint density at radius 3 is 2.94 bits per heavy atom. The van der Waals surface area contributed by atoms with Crippen molar-refractivity contribution >= 4 is 5.97 Å². The number of carbonyl (C=O) groups excluding carboxylic acids is 1. The lowest BCUT2D eigenvalue weighted by molar-refractivity contribution is -0.145. The quantitative estimate of drug-likeness (QED) is 0.705. The maximum Gasteiger partial charge on any atom is 0.309 e. The predicted octanol–water partition coefficient (Wildman–Crippen LogP) is 1.64. The Morgan fingerprint density at radius 1 is 1.50 bits per heavy atom.